The second kappa shape index (κ2) is 7.81. The first kappa shape index (κ1) is 18.1. The Kier molecular flexibility index (Phi) is 4.87. The average Bonchev–Trinajstić information content (AvgIpc) is 3.55. The minimum Gasteiger partial charge on any atom is -0.432 e. The molecule has 5 rings (SSSR count). The van der Waals surface area contributed by atoms with Crippen LogP contribution in [0.4, 0.5) is 5.13 Å². The van der Waals surface area contributed by atoms with Crippen molar-refractivity contribution in [1.82, 2.24) is 14.9 Å². The maximum absolute atomic E-state index is 12.8. The van der Waals surface area contributed by atoms with E-state index in [-0.39, 0.29) is 11.8 Å². The molecule has 0 aliphatic carbocycles. The van der Waals surface area contributed by atoms with Gasteiger partial charge >= 0.3 is 5.91 Å². The minimum absolute atomic E-state index is 0.145. The van der Waals surface area contributed by atoms with E-state index in [0.29, 0.717) is 18.8 Å². The number of nitrogens with zero attached hydrogens (tertiary/aromatic N) is 4. The van der Waals surface area contributed by atoms with Crippen LogP contribution in [0, 0.1) is 0 Å². The van der Waals surface area contributed by atoms with Gasteiger partial charge in [0.05, 0.1) is 11.9 Å². The topological polar surface area (TPSA) is 62.5 Å². The first-order valence-electron chi connectivity index (χ1n) is 9.31. The summed E-state index contributed by atoms with van der Waals surface area (Å²) in [4.78, 5) is 25.8. The third kappa shape index (κ3) is 3.68. The molecule has 1 aliphatic heterocycles. The quantitative estimate of drug-likeness (QED) is 0.485. The van der Waals surface area contributed by atoms with E-state index >= 15 is 0 Å². The number of carbonyl (C=O) groups excluding carboxylic acids is 1. The van der Waals surface area contributed by atoms with Gasteiger partial charge in [-0.25, -0.2) is 9.97 Å². The lowest BCUT2D eigenvalue weighted by Gasteiger charge is -2.33. The summed E-state index contributed by atoms with van der Waals surface area (Å²) < 4.78 is 5.72. The Morgan fingerprint density at radius 1 is 1.00 bits per heavy atom. The van der Waals surface area contributed by atoms with Crippen LogP contribution in [0.3, 0.4) is 0 Å². The van der Waals surface area contributed by atoms with Gasteiger partial charge in [0, 0.05) is 48.1 Å². The molecule has 1 amide bonds. The summed E-state index contributed by atoms with van der Waals surface area (Å²) >= 11 is 3.32. The van der Waals surface area contributed by atoms with Crippen LogP contribution in [0.2, 0.25) is 0 Å². The number of amides is 1. The molecule has 8 heteroatoms. The van der Waals surface area contributed by atoms with E-state index in [1.165, 1.54) is 0 Å². The summed E-state index contributed by atoms with van der Waals surface area (Å²) in [5.41, 5.74) is 3.08. The zero-order valence-electron chi connectivity index (χ0n) is 15.5. The molecule has 0 atom stereocenters. The first-order valence-corrected chi connectivity index (χ1v) is 11.1. The number of thiazole rings is 1. The van der Waals surface area contributed by atoms with Crippen LogP contribution in [-0.2, 0) is 0 Å². The van der Waals surface area contributed by atoms with Crippen LogP contribution in [0.15, 0.2) is 63.2 Å². The molecule has 3 aromatic heterocycles. The van der Waals surface area contributed by atoms with Crippen LogP contribution in [0.1, 0.15) is 10.7 Å². The molecule has 0 spiro atoms. The van der Waals surface area contributed by atoms with Crippen molar-refractivity contribution in [3.63, 3.8) is 0 Å². The molecule has 0 N–H and O–H groups in total. The van der Waals surface area contributed by atoms with Gasteiger partial charge in [0.15, 0.2) is 10.9 Å². The van der Waals surface area contributed by atoms with Gasteiger partial charge in [-0.3, -0.25) is 4.79 Å². The zero-order chi connectivity index (χ0) is 19.6. The molecule has 0 saturated carbocycles. The predicted molar refractivity (Wildman–Crippen MR) is 115 cm³/mol. The van der Waals surface area contributed by atoms with E-state index in [2.05, 4.69) is 32.1 Å². The van der Waals surface area contributed by atoms with Crippen molar-refractivity contribution < 1.29 is 9.21 Å². The second-order valence-electron chi connectivity index (χ2n) is 6.70. The molecule has 0 radical (unpaired) electrons. The second-order valence-corrected chi connectivity index (χ2v) is 8.32. The molecule has 29 heavy (non-hydrogen) atoms. The third-order valence-electron chi connectivity index (χ3n) is 4.89. The number of oxazole rings is 1. The predicted octanol–water partition coefficient (Wildman–Crippen LogP) is 4.49. The largest absolute Gasteiger partial charge is 0.432 e. The summed E-state index contributed by atoms with van der Waals surface area (Å²) in [5, 5.41) is 7.26. The van der Waals surface area contributed by atoms with Gasteiger partial charge in [0.1, 0.15) is 0 Å². The Labute approximate surface area is 176 Å². The van der Waals surface area contributed by atoms with Crippen molar-refractivity contribution in [3.05, 3.63) is 64.6 Å². The molecule has 4 aromatic rings. The molecule has 4 heterocycles. The van der Waals surface area contributed by atoms with Crippen LogP contribution in [-0.4, -0.2) is 47.0 Å². The number of carbonyl (C=O) groups is 1. The highest BCUT2D eigenvalue weighted by Crippen LogP contribution is 2.29. The van der Waals surface area contributed by atoms with Crippen molar-refractivity contribution in [2.45, 2.75) is 0 Å². The molecule has 0 bridgehead atoms. The normalized spacial score (nSPS) is 14.3. The third-order valence-corrected chi connectivity index (χ3v) is 6.48. The van der Waals surface area contributed by atoms with E-state index in [1.807, 2.05) is 30.3 Å². The number of piperazine rings is 1. The molecule has 1 fully saturated rings. The fourth-order valence-electron chi connectivity index (χ4n) is 3.30. The molecule has 1 aliphatic rings. The number of anilines is 1. The monoisotopic (exact) mass is 422 g/mol. The Hall–Kier alpha value is -2.97. The highest BCUT2D eigenvalue weighted by Gasteiger charge is 2.26. The van der Waals surface area contributed by atoms with Gasteiger partial charge in [-0.05, 0) is 11.4 Å². The lowest BCUT2D eigenvalue weighted by molar-refractivity contribution is 0.0707. The van der Waals surface area contributed by atoms with Gasteiger partial charge in [0.2, 0.25) is 0 Å². The number of rotatable bonds is 4. The van der Waals surface area contributed by atoms with Crippen LogP contribution in [0.25, 0.3) is 22.6 Å². The van der Waals surface area contributed by atoms with Crippen LogP contribution < -0.4 is 4.90 Å². The van der Waals surface area contributed by atoms with E-state index in [4.69, 9.17) is 9.40 Å². The van der Waals surface area contributed by atoms with Gasteiger partial charge in [-0.1, -0.05) is 30.3 Å². The summed E-state index contributed by atoms with van der Waals surface area (Å²) in [5.74, 6) is 0.590. The number of hydrogen-bond acceptors (Lipinski definition) is 7. The van der Waals surface area contributed by atoms with Gasteiger partial charge < -0.3 is 14.2 Å². The highest BCUT2D eigenvalue weighted by molar-refractivity contribution is 7.14. The number of thiophene rings is 1. The molecule has 0 unspecified atom stereocenters. The maximum atomic E-state index is 12.8. The van der Waals surface area contributed by atoms with Crippen molar-refractivity contribution in [3.8, 4) is 22.6 Å². The van der Waals surface area contributed by atoms with Gasteiger partial charge in [-0.2, -0.15) is 11.3 Å². The van der Waals surface area contributed by atoms with E-state index in [1.54, 1.807) is 33.8 Å². The number of benzene rings is 1. The van der Waals surface area contributed by atoms with Gasteiger partial charge in [0.25, 0.3) is 5.89 Å². The number of hydrogen-bond donors (Lipinski definition) is 0. The number of aromatic nitrogens is 2. The van der Waals surface area contributed by atoms with E-state index in [0.717, 1.165) is 35.0 Å². The average molecular weight is 423 g/mol. The zero-order valence-corrected chi connectivity index (χ0v) is 17.2. The van der Waals surface area contributed by atoms with E-state index < -0.39 is 0 Å². The van der Waals surface area contributed by atoms with Crippen molar-refractivity contribution in [1.29, 1.82) is 0 Å². The smallest absolute Gasteiger partial charge is 0.309 e. The molecule has 146 valence electrons. The lowest BCUT2D eigenvalue weighted by atomic mass is 10.2. The fraction of sp³-hybridized carbons (Fsp3) is 0.190. The van der Waals surface area contributed by atoms with Crippen LogP contribution in [0.5, 0.6) is 0 Å². The Bertz CT molecular complexity index is 1100. The molecule has 1 saturated heterocycles. The molecular weight excluding hydrogens is 404 g/mol. The van der Waals surface area contributed by atoms with Crippen molar-refractivity contribution in [2.24, 2.45) is 0 Å². The van der Waals surface area contributed by atoms with Gasteiger partial charge in [-0.15, -0.1) is 11.3 Å². The minimum atomic E-state index is -0.162. The Balaban J connectivity index is 1.23. The summed E-state index contributed by atoms with van der Waals surface area (Å²) in [6, 6.07) is 11.8. The van der Waals surface area contributed by atoms with Crippen LogP contribution >= 0.6 is 22.7 Å². The summed E-state index contributed by atoms with van der Waals surface area (Å²) in [6.45, 7) is 2.73. The maximum Gasteiger partial charge on any atom is 0.309 e. The highest BCUT2D eigenvalue weighted by atomic mass is 32.1. The summed E-state index contributed by atoms with van der Waals surface area (Å²) in [7, 11) is 0. The first-order chi connectivity index (χ1) is 14.3. The SMILES string of the molecule is O=C(c1ncc(-c2ccccc2)o1)N1CCN(c2nc(-c3ccsc3)cs2)CC1. The van der Waals surface area contributed by atoms with E-state index in [9.17, 15) is 4.79 Å². The lowest BCUT2D eigenvalue weighted by Crippen LogP contribution is -2.48. The standard InChI is InChI=1S/C21H18N4O2S2/c26-20(19-22-12-18(27-19)15-4-2-1-3-5-15)24-7-9-25(10-8-24)21-23-17(14-29-21)16-6-11-28-13-16/h1-6,11-14H,7-10H2. The Morgan fingerprint density at radius 2 is 1.83 bits per heavy atom. The Morgan fingerprint density at radius 3 is 2.59 bits per heavy atom. The summed E-state index contributed by atoms with van der Waals surface area (Å²) in [6.07, 6.45) is 1.61. The molecular formula is C21H18N4O2S2. The van der Waals surface area contributed by atoms with Crippen molar-refractivity contribution in [2.75, 3.05) is 31.1 Å². The fourth-order valence-corrected chi connectivity index (χ4v) is 4.84. The molecule has 6 nitrogen and oxygen atoms in total. The molecule has 1 aromatic carbocycles. The van der Waals surface area contributed by atoms with Crippen molar-refractivity contribution >= 4 is 33.7 Å².